The number of nitrogens with zero attached hydrogens (tertiary/aromatic N) is 3. The molecular formula is C25H29N3O2. The zero-order valence-corrected chi connectivity index (χ0v) is 18.1. The second-order valence-electron chi connectivity index (χ2n) is 8.75. The Kier molecular flexibility index (Phi) is 5.46. The summed E-state index contributed by atoms with van der Waals surface area (Å²) in [4.78, 5) is 33.6. The largest absolute Gasteiger partial charge is 0.332 e. The lowest BCUT2D eigenvalue weighted by molar-refractivity contribution is -0.135. The lowest BCUT2D eigenvalue weighted by Gasteiger charge is -2.32. The van der Waals surface area contributed by atoms with Gasteiger partial charge in [-0.05, 0) is 56.4 Å². The normalized spacial score (nSPS) is 14.8. The number of carbonyl (C=O) groups excluding carboxylic acids is 1. The quantitative estimate of drug-likeness (QED) is 0.602. The summed E-state index contributed by atoms with van der Waals surface area (Å²) in [5.74, 6) is 1.23. The molecule has 5 nitrogen and oxygen atoms in total. The molecular weight excluding hydrogens is 374 g/mol. The van der Waals surface area contributed by atoms with Gasteiger partial charge in [-0.3, -0.25) is 14.2 Å². The predicted octanol–water partition coefficient (Wildman–Crippen LogP) is 4.65. The fourth-order valence-electron chi connectivity index (χ4n) is 4.01. The van der Waals surface area contributed by atoms with Crippen molar-refractivity contribution in [1.29, 1.82) is 0 Å². The fourth-order valence-corrected chi connectivity index (χ4v) is 4.01. The van der Waals surface area contributed by atoms with E-state index < -0.39 is 0 Å². The number of hydrogen-bond donors (Lipinski definition) is 0. The molecule has 156 valence electrons. The van der Waals surface area contributed by atoms with Crippen LogP contribution in [-0.2, 0) is 4.79 Å². The monoisotopic (exact) mass is 403 g/mol. The number of aromatic nitrogens is 2. The van der Waals surface area contributed by atoms with Crippen LogP contribution < -0.4 is 5.56 Å². The van der Waals surface area contributed by atoms with Gasteiger partial charge < -0.3 is 4.90 Å². The molecule has 5 heteroatoms. The molecule has 3 aromatic rings. The highest BCUT2D eigenvalue weighted by molar-refractivity contribution is 5.82. The van der Waals surface area contributed by atoms with E-state index in [9.17, 15) is 9.59 Å². The summed E-state index contributed by atoms with van der Waals surface area (Å²) >= 11 is 0. The third-order valence-corrected chi connectivity index (χ3v) is 5.77. The van der Waals surface area contributed by atoms with E-state index in [2.05, 4.69) is 13.8 Å². The Balaban J connectivity index is 1.94. The number of aryl methyl sites for hydroxylation is 1. The standard InChI is InChI=1S/C25H29N3O2/c1-16(2)15-27(24(29)19-13-14-19)18(4)23-26-21-11-7-6-10-20(21)25(30)28(23)22-12-8-5-9-17(22)3/h5-12,16,18-19H,13-15H2,1-4H3. The van der Waals surface area contributed by atoms with Crippen LogP contribution in [0.15, 0.2) is 53.3 Å². The van der Waals surface area contributed by atoms with Crippen LogP contribution in [-0.4, -0.2) is 26.9 Å². The van der Waals surface area contributed by atoms with E-state index in [1.54, 1.807) is 4.57 Å². The van der Waals surface area contributed by atoms with Crippen molar-refractivity contribution in [2.75, 3.05) is 6.54 Å². The summed E-state index contributed by atoms with van der Waals surface area (Å²) < 4.78 is 1.70. The molecule has 1 unspecified atom stereocenters. The molecule has 1 heterocycles. The van der Waals surface area contributed by atoms with Crippen molar-refractivity contribution in [2.24, 2.45) is 11.8 Å². The van der Waals surface area contributed by atoms with Crippen molar-refractivity contribution in [3.63, 3.8) is 0 Å². The average Bonchev–Trinajstić information content (AvgIpc) is 3.57. The molecule has 0 spiro atoms. The molecule has 2 aromatic carbocycles. The smallest absolute Gasteiger partial charge is 0.266 e. The Labute approximate surface area is 177 Å². The molecule has 1 fully saturated rings. The van der Waals surface area contributed by atoms with Crippen LogP contribution >= 0.6 is 0 Å². The second-order valence-corrected chi connectivity index (χ2v) is 8.75. The van der Waals surface area contributed by atoms with E-state index in [0.29, 0.717) is 29.2 Å². The highest BCUT2D eigenvalue weighted by atomic mass is 16.2. The maximum absolute atomic E-state index is 13.6. The zero-order chi connectivity index (χ0) is 21.4. The maximum atomic E-state index is 13.6. The molecule has 0 saturated heterocycles. The highest BCUT2D eigenvalue weighted by Gasteiger charge is 2.37. The molecule has 0 N–H and O–H groups in total. The molecule has 0 aliphatic heterocycles. The topological polar surface area (TPSA) is 55.2 Å². The Hall–Kier alpha value is -2.95. The van der Waals surface area contributed by atoms with Gasteiger partial charge in [0.15, 0.2) is 0 Å². The summed E-state index contributed by atoms with van der Waals surface area (Å²) in [5.41, 5.74) is 2.37. The molecule has 30 heavy (non-hydrogen) atoms. The molecule has 1 atom stereocenters. The van der Waals surface area contributed by atoms with Gasteiger partial charge in [-0.25, -0.2) is 4.98 Å². The Morgan fingerprint density at radius 2 is 1.77 bits per heavy atom. The van der Waals surface area contributed by atoms with Crippen LogP contribution in [0.2, 0.25) is 0 Å². The molecule has 1 aromatic heterocycles. The lowest BCUT2D eigenvalue weighted by Crippen LogP contribution is -2.40. The van der Waals surface area contributed by atoms with E-state index in [1.165, 1.54) is 0 Å². The van der Waals surface area contributed by atoms with Gasteiger partial charge in [-0.1, -0.05) is 44.2 Å². The van der Waals surface area contributed by atoms with E-state index in [4.69, 9.17) is 4.98 Å². The van der Waals surface area contributed by atoms with Crippen LogP contribution in [0.1, 0.15) is 51.0 Å². The van der Waals surface area contributed by atoms with Crippen molar-refractivity contribution in [1.82, 2.24) is 14.5 Å². The first-order valence-corrected chi connectivity index (χ1v) is 10.8. The van der Waals surface area contributed by atoms with Gasteiger partial charge in [-0.2, -0.15) is 0 Å². The fraction of sp³-hybridized carbons (Fsp3) is 0.400. The second kappa shape index (κ2) is 8.05. The number of fused-ring (bicyclic) bond motifs is 1. The molecule has 0 bridgehead atoms. The van der Waals surface area contributed by atoms with Crippen molar-refractivity contribution >= 4 is 16.8 Å². The summed E-state index contributed by atoms with van der Waals surface area (Å²) in [6.07, 6.45) is 1.91. The van der Waals surface area contributed by atoms with Crippen molar-refractivity contribution in [2.45, 2.75) is 46.6 Å². The number of benzene rings is 2. The first-order valence-electron chi connectivity index (χ1n) is 10.8. The van der Waals surface area contributed by atoms with Gasteiger partial charge in [0.1, 0.15) is 5.82 Å². The minimum absolute atomic E-state index is 0.0971. The average molecular weight is 404 g/mol. The van der Waals surface area contributed by atoms with E-state index >= 15 is 0 Å². The van der Waals surface area contributed by atoms with Gasteiger partial charge in [0.05, 0.1) is 22.6 Å². The Bertz CT molecular complexity index is 1140. The molecule has 0 radical (unpaired) electrons. The Morgan fingerprint density at radius 1 is 1.10 bits per heavy atom. The van der Waals surface area contributed by atoms with Crippen molar-refractivity contribution in [3.05, 3.63) is 70.3 Å². The van der Waals surface area contributed by atoms with E-state index in [-0.39, 0.29) is 23.4 Å². The van der Waals surface area contributed by atoms with Crippen LogP contribution in [0.3, 0.4) is 0 Å². The maximum Gasteiger partial charge on any atom is 0.266 e. The predicted molar refractivity (Wildman–Crippen MR) is 120 cm³/mol. The third-order valence-electron chi connectivity index (χ3n) is 5.77. The first kappa shape index (κ1) is 20.3. The number of rotatable bonds is 6. The molecule has 1 aliphatic carbocycles. The van der Waals surface area contributed by atoms with E-state index in [0.717, 1.165) is 24.1 Å². The van der Waals surface area contributed by atoms with Crippen LogP contribution in [0.25, 0.3) is 16.6 Å². The minimum atomic E-state index is -0.308. The summed E-state index contributed by atoms with van der Waals surface area (Å²) in [6.45, 7) is 8.86. The first-order chi connectivity index (χ1) is 14.4. The number of amides is 1. The van der Waals surface area contributed by atoms with Crippen LogP contribution in [0.4, 0.5) is 0 Å². The van der Waals surface area contributed by atoms with Crippen molar-refractivity contribution < 1.29 is 4.79 Å². The SMILES string of the molecule is Cc1ccccc1-n1c(C(C)N(CC(C)C)C(=O)C2CC2)nc2ccccc2c1=O. The van der Waals surface area contributed by atoms with Gasteiger partial charge >= 0.3 is 0 Å². The third kappa shape index (κ3) is 3.76. The molecule has 1 aliphatic rings. The lowest BCUT2D eigenvalue weighted by atomic mass is 10.1. The van der Waals surface area contributed by atoms with Gasteiger partial charge in [0, 0.05) is 12.5 Å². The summed E-state index contributed by atoms with van der Waals surface area (Å²) in [7, 11) is 0. The highest BCUT2D eigenvalue weighted by Crippen LogP contribution is 2.34. The van der Waals surface area contributed by atoms with Gasteiger partial charge in [0.2, 0.25) is 5.91 Å². The summed E-state index contributed by atoms with van der Waals surface area (Å²) in [5, 5.41) is 0.584. The van der Waals surface area contributed by atoms with Crippen molar-refractivity contribution in [3.8, 4) is 5.69 Å². The number of hydrogen-bond acceptors (Lipinski definition) is 3. The number of carbonyl (C=O) groups is 1. The van der Waals surface area contributed by atoms with Gasteiger partial charge in [-0.15, -0.1) is 0 Å². The molecule has 4 rings (SSSR count). The van der Waals surface area contributed by atoms with Gasteiger partial charge in [0.25, 0.3) is 5.56 Å². The van der Waals surface area contributed by atoms with E-state index in [1.807, 2.05) is 67.3 Å². The Morgan fingerprint density at radius 3 is 2.43 bits per heavy atom. The number of para-hydroxylation sites is 2. The minimum Gasteiger partial charge on any atom is -0.332 e. The molecule has 1 amide bonds. The molecule has 1 saturated carbocycles. The summed E-state index contributed by atoms with van der Waals surface area (Å²) in [6, 6.07) is 15.0. The van der Waals surface area contributed by atoms with Crippen LogP contribution in [0.5, 0.6) is 0 Å². The van der Waals surface area contributed by atoms with Crippen LogP contribution in [0, 0.1) is 18.8 Å². The zero-order valence-electron chi connectivity index (χ0n) is 18.1.